The number of phenolic OH excluding ortho intramolecular Hbond substituents is 1. The van der Waals surface area contributed by atoms with Crippen LogP contribution in [0, 0.1) is 0 Å². The molecule has 1 saturated heterocycles. The van der Waals surface area contributed by atoms with Crippen LogP contribution >= 0.6 is 0 Å². The number of ether oxygens (including phenoxy) is 3. The molecule has 8 nitrogen and oxygen atoms in total. The quantitative estimate of drug-likeness (QED) is 0.289. The Labute approximate surface area is 180 Å². The maximum Gasteiger partial charge on any atom is 0.295 e. The number of nitrogens with zero attached hydrogens (tertiary/aromatic N) is 1. The van der Waals surface area contributed by atoms with Crippen molar-refractivity contribution in [1.29, 1.82) is 0 Å². The zero-order valence-corrected chi connectivity index (χ0v) is 17.6. The van der Waals surface area contributed by atoms with Crippen LogP contribution in [0.5, 0.6) is 17.2 Å². The predicted molar refractivity (Wildman–Crippen MR) is 113 cm³/mol. The third kappa shape index (κ3) is 4.34. The van der Waals surface area contributed by atoms with Crippen molar-refractivity contribution < 1.29 is 34.0 Å². The number of carbonyl (C=O) groups is 2. The van der Waals surface area contributed by atoms with E-state index in [2.05, 4.69) is 0 Å². The van der Waals surface area contributed by atoms with E-state index in [-0.39, 0.29) is 29.4 Å². The van der Waals surface area contributed by atoms with Gasteiger partial charge in [0.1, 0.15) is 11.5 Å². The first-order valence-electron chi connectivity index (χ1n) is 9.71. The molecule has 0 unspecified atom stereocenters. The third-order valence-corrected chi connectivity index (χ3v) is 5.17. The number of aliphatic hydroxyl groups excluding tert-OH is 1. The van der Waals surface area contributed by atoms with Crippen molar-refractivity contribution >= 4 is 17.4 Å². The van der Waals surface area contributed by atoms with E-state index < -0.39 is 17.7 Å². The number of rotatable bonds is 8. The summed E-state index contributed by atoms with van der Waals surface area (Å²) in [5, 5.41) is 21.0. The molecule has 0 bridgehead atoms. The van der Waals surface area contributed by atoms with Crippen LogP contribution < -0.4 is 9.47 Å². The normalized spacial score (nSPS) is 17.8. The smallest absolute Gasteiger partial charge is 0.295 e. The minimum Gasteiger partial charge on any atom is -0.507 e. The van der Waals surface area contributed by atoms with Crippen LogP contribution in [-0.4, -0.2) is 61.3 Å². The summed E-state index contributed by atoms with van der Waals surface area (Å²) < 4.78 is 15.4. The number of hydrogen-bond donors (Lipinski definition) is 2. The largest absolute Gasteiger partial charge is 0.507 e. The summed E-state index contributed by atoms with van der Waals surface area (Å²) in [6.07, 6.45) is 0.512. The zero-order valence-electron chi connectivity index (χ0n) is 17.6. The van der Waals surface area contributed by atoms with Gasteiger partial charge in [0.2, 0.25) is 0 Å². The molecular formula is C23H25NO7. The monoisotopic (exact) mass is 427 g/mol. The van der Waals surface area contributed by atoms with Gasteiger partial charge in [0, 0.05) is 25.8 Å². The highest BCUT2D eigenvalue weighted by Gasteiger charge is 2.46. The number of hydrogen-bond acceptors (Lipinski definition) is 7. The van der Waals surface area contributed by atoms with E-state index in [1.165, 1.54) is 25.2 Å². The van der Waals surface area contributed by atoms with Crippen LogP contribution in [0.1, 0.15) is 23.6 Å². The summed E-state index contributed by atoms with van der Waals surface area (Å²) in [6, 6.07) is 10.3. The molecule has 0 spiro atoms. The second kappa shape index (κ2) is 9.53. The number of likely N-dealkylation sites (tertiary alicyclic amines) is 1. The Morgan fingerprint density at radius 1 is 1.03 bits per heavy atom. The van der Waals surface area contributed by atoms with Gasteiger partial charge in [-0.25, -0.2) is 0 Å². The number of Topliss-reactive ketones (excluding diaryl/α,β-unsaturated/α-hetero) is 1. The first-order valence-corrected chi connectivity index (χ1v) is 9.71. The second-order valence-electron chi connectivity index (χ2n) is 7.00. The summed E-state index contributed by atoms with van der Waals surface area (Å²) in [5.41, 5.74) is 0.882. The Bertz CT molecular complexity index is 997. The second-order valence-corrected chi connectivity index (χ2v) is 7.00. The number of benzene rings is 2. The lowest BCUT2D eigenvalue weighted by Crippen LogP contribution is -2.31. The van der Waals surface area contributed by atoms with E-state index in [1.54, 1.807) is 43.5 Å². The SMILES string of the molecule is COCCCN1C(=O)C(=O)/C(=C(/O)c2ccc(OC)cc2)[C@@H]1c1ccc(O)c(OC)c1. The highest BCUT2D eigenvalue weighted by molar-refractivity contribution is 6.46. The molecule has 0 saturated carbocycles. The molecule has 1 amide bonds. The summed E-state index contributed by atoms with van der Waals surface area (Å²) in [4.78, 5) is 27.2. The Kier molecular flexibility index (Phi) is 6.81. The van der Waals surface area contributed by atoms with Crippen LogP contribution in [0.25, 0.3) is 5.76 Å². The van der Waals surface area contributed by atoms with Crippen molar-refractivity contribution in [2.24, 2.45) is 0 Å². The van der Waals surface area contributed by atoms with Gasteiger partial charge in [-0.3, -0.25) is 9.59 Å². The van der Waals surface area contributed by atoms with Gasteiger partial charge in [0.05, 0.1) is 25.8 Å². The van der Waals surface area contributed by atoms with Crippen molar-refractivity contribution in [2.75, 3.05) is 34.5 Å². The van der Waals surface area contributed by atoms with E-state index in [4.69, 9.17) is 14.2 Å². The van der Waals surface area contributed by atoms with Crippen LogP contribution in [0.15, 0.2) is 48.0 Å². The molecule has 2 N–H and O–H groups in total. The fourth-order valence-electron chi connectivity index (χ4n) is 3.61. The molecule has 1 atom stereocenters. The number of phenols is 1. The third-order valence-electron chi connectivity index (χ3n) is 5.17. The first-order chi connectivity index (χ1) is 14.9. The number of amides is 1. The topological polar surface area (TPSA) is 106 Å². The maximum atomic E-state index is 12.9. The van der Waals surface area contributed by atoms with Crippen molar-refractivity contribution in [2.45, 2.75) is 12.5 Å². The van der Waals surface area contributed by atoms with E-state index in [0.29, 0.717) is 29.9 Å². The zero-order chi connectivity index (χ0) is 22.5. The Morgan fingerprint density at radius 2 is 1.74 bits per heavy atom. The molecule has 164 valence electrons. The standard InChI is InChI=1S/C23H25NO7/c1-29-12-4-11-24-20(15-7-10-17(25)18(13-15)31-3)19(22(27)23(24)28)21(26)14-5-8-16(30-2)9-6-14/h5-10,13,20,25-26H,4,11-12H2,1-3H3/b21-19+/t20-/m0/s1. The van der Waals surface area contributed by atoms with Gasteiger partial charge in [-0.2, -0.15) is 0 Å². The molecular weight excluding hydrogens is 402 g/mol. The van der Waals surface area contributed by atoms with E-state index in [1.807, 2.05) is 0 Å². The first kappa shape index (κ1) is 22.2. The van der Waals surface area contributed by atoms with Crippen molar-refractivity contribution in [1.82, 2.24) is 4.90 Å². The minimum atomic E-state index is -0.839. The Balaban J connectivity index is 2.13. The number of ketones is 1. The molecule has 1 aliphatic heterocycles. The fourth-order valence-corrected chi connectivity index (χ4v) is 3.61. The van der Waals surface area contributed by atoms with Crippen molar-refractivity contribution in [3.05, 3.63) is 59.2 Å². The van der Waals surface area contributed by atoms with E-state index in [0.717, 1.165) is 0 Å². The molecule has 3 rings (SSSR count). The van der Waals surface area contributed by atoms with Crippen LogP contribution in [0.4, 0.5) is 0 Å². The van der Waals surface area contributed by atoms with Gasteiger partial charge in [-0.05, 0) is 48.4 Å². The van der Waals surface area contributed by atoms with E-state index >= 15 is 0 Å². The van der Waals surface area contributed by atoms with Crippen LogP contribution in [0.2, 0.25) is 0 Å². The van der Waals surface area contributed by atoms with Crippen LogP contribution in [-0.2, 0) is 14.3 Å². The average molecular weight is 427 g/mol. The highest BCUT2D eigenvalue weighted by Crippen LogP contribution is 2.41. The lowest BCUT2D eigenvalue weighted by molar-refractivity contribution is -0.140. The molecule has 0 aromatic heterocycles. The number of carbonyl (C=O) groups excluding carboxylic acids is 2. The summed E-state index contributed by atoms with van der Waals surface area (Å²) >= 11 is 0. The molecule has 1 heterocycles. The fraction of sp³-hybridized carbons (Fsp3) is 0.304. The van der Waals surface area contributed by atoms with Gasteiger partial charge >= 0.3 is 0 Å². The van der Waals surface area contributed by atoms with Crippen LogP contribution in [0.3, 0.4) is 0 Å². The van der Waals surface area contributed by atoms with Crippen molar-refractivity contribution in [3.8, 4) is 17.2 Å². The van der Waals surface area contributed by atoms with Gasteiger partial charge in [0.15, 0.2) is 11.5 Å². The molecule has 1 fully saturated rings. The maximum absolute atomic E-state index is 12.9. The minimum absolute atomic E-state index is 0.0275. The van der Waals surface area contributed by atoms with Gasteiger partial charge in [-0.1, -0.05) is 6.07 Å². The molecule has 2 aromatic carbocycles. The molecule has 1 aliphatic rings. The molecule has 0 aliphatic carbocycles. The summed E-state index contributed by atoms with van der Waals surface area (Å²) in [6.45, 7) is 0.665. The van der Waals surface area contributed by atoms with Gasteiger partial charge in [-0.15, -0.1) is 0 Å². The molecule has 0 radical (unpaired) electrons. The lowest BCUT2D eigenvalue weighted by Gasteiger charge is -2.25. The molecule has 31 heavy (non-hydrogen) atoms. The van der Waals surface area contributed by atoms with Crippen molar-refractivity contribution in [3.63, 3.8) is 0 Å². The van der Waals surface area contributed by atoms with E-state index in [9.17, 15) is 19.8 Å². The highest BCUT2D eigenvalue weighted by atomic mass is 16.5. The number of methoxy groups -OCH3 is 3. The number of aromatic hydroxyl groups is 1. The summed E-state index contributed by atoms with van der Waals surface area (Å²) in [5.74, 6) is -1.04. The summed E-state index contributed by atoms with van der Waals surface area (Å²) in [7, 11) is 4.49. The Morgan fingerprint density at radius 3 is 2.35 bits per heavy atom. The lowest BCUT2D eigenvalue weighted by atomic mass is 9.95. The average Bonchev–Trinajstić information content (AvgIpc) is 3.04. The predicted octanol–water partition coefficient (Wildman–Crippen LogP) is 2.87. The molecule has 2 aromatic rings. The Hall–Kier alpha value is -3.52. The molecule has 8 heteroatoms. The number of aliphatic hydroxyl groups is 1. The van der Waals surface area contributed by atoms with Gasteiger partial charge in [0.25, 0.3) is 11.7 Å². The van der Waals surface area contributed by atoms with Gasteiger partial charge < -0.3 is 29.3 Å².